The zero-order valence-corrected chi connectivity index (χ0v) is 12.2. The molecular weight excluding hydrogens is 278 g/mol. The highest BCUT2D eigenvalue weighted by Gasteiger charge is 2.20. The van der Waals surface area contributed by atoms with Crippen molar-refractivity contribution in [1.82, 2.24) is 19.7 Å². The van der Waals surface area contributed by atoms with Gasteiger partial charge in [-0.15, -0.1) is 5.10 Å². The number of aryl methyl sites for hydroxylation is 2. The topological polar surface area (TPSA) is 103 Å². The standard InChI is InChI=1S/C12H17N5O2S/c1-9-3-4-10(2)12(11(9)13)20(18,19)15-6-8-17-7-5-14-16-17/h3-5,7,15H,6,8,13H2,1-2H3. The van der Waals surface area contributed by atoms with E-state index in [2.05, 4.69) is 15.0 Å². The average Bonchev–Trinajstić information content (AvgIpc) is 2.87. The maximum atomic E-state index is 12.3. The third-order valence-electron chi connectivity index (χ3n) is 2.98. The Balaban J connectivity index is 2.16. The van der Waals surface area contributed by atoms with Crippen molar-refractivity contribution in [2.45, 2.75) is 25.3 Å². The summed E-state index contributed by atoms with van der Waals surface area (Å²) in [6, 6.07) is 3.55. The van der Waals surface area contributed by atoms with Crippen LogP contribution in [0.15, 0.2) is 29.4 Å². The Morgan fingerprint density at radius 1 is 1.30 bits per heavy atom. The van der Waals surface area contributed by atoms with E-state index < -0.39 is 10.0 Å². The van der Waals surface area contributed by atoms with Gasteiger partial charge in [-0.05, 0) is 25.0 Å². The molecule has 0 saturated carbocycles. The molecule has 0 amide bonds. The van der Waals surface area contributed by atoms with Crippen molar-refractivity contribution in [2.75, 3.05) is 12.3 Å². The Kier molecular flexibility index (Phi) is 4.05. The van der Waals surface area contributed by atoms with E-state index in [1.807, 2.05) is 0 Å². The summed E-state index contributed by atoms with van der Waals surface area (Å²) in [5, 5.41) is 7.42. The molecule has 8 heteroatoms. The number of sulfonamides is 1. The lowest BCUT2D eigenvalue weighted by Crippen LogP contribution is -2.29. The van der Waals surface area contributed by atoms with Gasteiger partial charge in [0.05, 0.1) is 18.4 Å². The van der Waals surface area contributed by atoms with Crippen LogP contribution in [0, 0.1) is 13.8 Å². The number of rotatable bonds is 5. The lowest BCUT2D eigenvalue weighted by Gasteiger charge is -2.13. The molecule has 7 nitrogen and oxygen atoms in total. The first-order chi connectivity index (χ1) is 9.42. The SMILES string of the molecule is Cc1ccc(C)c(S(=O)(=O)NCCn2ccnn2)c1N. The van der Waals surface area contributed by atoms with Crippen molar-refractivity contribution in [2.24, 2.45) is 0 Å². The van der Waals surface area contributed by atoms with Gasteiger partial charge in [-0.3, -0.25) is 4.68 Å². The first kappa shape index (κ1) is 14.5. The average molecular weight is 295 g/mol. The predicted molar refractivity (Wildman–Crippen MR) is 75.5 cm³/mol. The maximum Gasteiger partial charge on any atom is 0.242 e. The molecule has 108 valence electrons. The molecule has 0 spiro atoms. The third kappa shape index (κ3) is 2.97. The highest BCUT2D eigenvalue weighted by Crippen LogP contribution is 2.25. The van der Waals surface area contributed by atoms with Crippen molar-refractivity contribution in [3.8, 4) is 0 Å². The first-order valence-electron chi connectivity index (χ1n) is 6.11. The second-order valence-electron chi connectivity index (χ2n) is 4.51. The van der Waals surface area contributed by atoms with E-state index in [0.29, 0.717) is 17.8 Å². The summed E-state index contributed by atoms with van der Waals surface area (Å²) in [5.74, 6) is 0. The molecule has 0 saturated heterocycles. The van der Waals surface area contributed by atoms with Gasteiger partial charge < -0.3 is 5.73 Å². The van der Waals surface area contributed by atoms with E-state index in [4.69, 9.17) is 5.73 Å². The second-order valence-corrected chi connectivity index (χ2v) is 6.21. The summed E-state index contributed by atoms with van der Waals surface area (Å²) < 4.78 is 28.7. The Hall–Kier alpha value is -1.93. The number of benzene rings is 1. The van der Waals surface area contributed by atoms with Gasteiger partial charge in [0.1, 0.15) is 4.90 Å². The molecule has 0 atom stereocenters. The third-order valence-corrected chi connectivity index (χ3v) is 4.65. The molecule has 20 heavy (non-hydrogen) atoms. The van der Waals surface area contributed by atoms with Crippen molar-refractivity contribution in [3.05, 3.63) is 35.7 Å². The van der Waals surface area contributed by atoms with Gasteiger partial charge in [0.25, 0.3) is 0 Å². The molecule has 0 aliphatic rings. The first-order valence-corrected chi connectivity index (χ1v) is 7.59. The fraction of sp³-hybridized carbons (Fsp3) is 0.333. The summed E-state index contributed by atoms with van der Waals surface area (Å²) in [4.78, 5) is 0.149. The van der Waals surface area contributed by atoms with Crippen molar-refractivity contribution in [1.29, 1.82) is 0 Å². The van der Waals surface area contributed by atoms with E-state index in [1.165, 1.54) is 6.20 Å². The molecule has 0 unspecified atom stereocenters. The van der Waals surface area contributed by atoms with Crippen LogP contribution in [-0.4, -0.2) is 30.0 Å². The van der Waals surface area contributed by atoms with Crippen molar-refractivity contribution >= 4 is 15.7 Å². The molecule has 3 N–H and O–H groups in total. The van der Waals surface area contributed by atoms with E-state index in [0.717, 1.165) is 5.56 Å². The van der Waals surface area contributed by atoms with Crippen LogP contribution in [0.5, 0.6) is 0 Å². The lowest BCUT2D eigenvalue weighted by atomic mass is 10.1. The minimum atomic E-state index is -3.63. The number of aromatic nitrogens is 3. The molecule has 0 radical (unpaired) electrons. The highest BCUT2D eigenvalue weighted by molar-refractivity contribution is 7.89. The largest absolute Gasteiger partial charge is 0.397 e. The van der Waals surface area contributed by atoms with Crippen LogP contribution in [0.25, 0.3) is 0 Å². The lowest BCUT2D eigenvalue weighted by molar-refractivity contribution is 0.552. The van der Waals surface area contributed by atoms with Crippen LogP contribution in [0.2, 0.25) is 0 Å². The van der Waals surface area contributed by atoms with Crippen LogP contribution >= 0.6 is 0 Å². The van der Waals surface area contributed by atoms with Crippen LogP contribution in [-0.2, 0) is 16.6 Å². The van der Waals surface area contributed by atoms with E-state index >= 15 is 0 Å². The predicted octanol–water partition coefficient (Wildman–Crippen LogP) is 0.456. The molecule has 0 bridgehead atoms. The molecule has 2 rings (SSSR count). The number of hydrogen-bond acceptors (Lipinski definition) is 5. The van der Waals surface area contributed by atoms with Crippen LogP contribution in [0.3, 0.4) is 0 Å². The van der Waals surface area contributed by atoms with Crippen LogP contribution in [0.1, 0.15) is 11.1 Å². The number of nitrogens with two attached hydrogens (primary N) is 1. The molecule has 0 aliphatic heterocycles. The minimum absolute atomic E-state index is 0.149. The van der Waals surface area contributed by atoms with Gasteiger partial charge in [0.15, 0.2) is 0 Å². The molecular formula is C12H17N5O2S. The fourth-order valence-corrected chi connectivity index (χ4v) is 3.33. The number of nitrogens with one attached hydrogen (secondary N) is 1. The second kappa shape index (κ2) is 5.59. The Morgan fingerprint density at radius 3 is 2.65 bits per heavy atom. The van der Waals surface area contributed by atoms with Gasteiger partial charge in [0.2, 0.25) is 10.0 Å². The molecule has 1 aromatic heterocycles. The van der Waals surface area contributed by atoms with Crippen molar-refractivity contribution in [3.63, 3.8) is 0 Å². The molecule has 0 aliphatic carbocycles. The Morgan fingerprint density at radius 2 is 2.00 bits per heavy atom. The smallest absolute Gasteiger partial charge is 0.242 e. The van der Waals surface area contributed by atoms with E-state index in [1.54, 1.807) is 36.9 Å². The minimum Gasteiger partial charge on any atom is -0.397 e. The molecule has 1 aromatic carbocycles. The Labute approximate surface area is 117 Å². The number of anilines is 1. The normalized spacial score (nSPS) is 11.7. The summed E-state index contributed by atoms with van der Waals surface area (Å²) >= 11 is 0. The van der Waals surface area contributed by atoms with Gasteiger partial charge in [-0.2, -0.15) is 0 Å². The zero-order valence-electron chi connectivity index (χ0n) is 11.4. The number of nitrogens with zero attached hydrogens (tertiary/aromatic N) is 3. The van der Waals surface area contributed by atoms with Crippen LogP contribution < -0.4 is 10.5 Å². The van der Waals surface area contributed by atoms with E-state index in [-0.39, 0.29) is 11.4 Å². The van der Waals surface area contributed by atoms with Crippen LogP contribution in [0.4, 0.5) is 5.69 Å². The molecule has 1 heterocycles. The quantitative estimate of drug-likeness (QED) is 0.780. The summed E-state index contributed by atoms with van der Waals surface area (Å²) in [5.41, 5.74) is 7.55. The van der Waals surface area contributed by atoms with Crippen molar-refractivity contribution < 1.29 is 8.42 Å². The fourth-order valence-electron chi connectivity index (χ4n) is 1.88. The van der Waals surface area contributed by atoms with Gasteiger partial charge in [0, 0.05) is 12.7 Å². The number of nitrogen functional groups attached to an aromatic ring is 1. The maximum absolute atomic E-state index is 12.3. The molecule has 2 aromatic rings. The highest BCUT2D eigenvalue weighted by atomic mass is 32.2. The zero-order chi connectivity index (χ0) is 14.8. The van der Waals surface area contributed by atoms with Gasteiger partial charge in [-0.1, -0.05) is 17.3 Å². The molecule has 0 fully saturated rings. The monoisotopic (exact) mass is 295 g/mol. The Bertz CT molecular complexity index is 695. The summed E-state index contributed by atoms with van der Waals surface area (Å²) in [6.07, 6.45) is 3.21. The van der Waals surface area contributed by atoms with E-state index in [9.17, 15) is 8.42 Å². The summed E-state index contributed by atoms with van der Waals surface area (Å²) in [6.45, 7) is 4.13. The summed E-state index contributed by atoms with van der Waals surface area (Å²) in [7, 11) is -3.63. The van der Waals surface area contributed by atoms with Gasteiger partial charge >= 0.3 is 0 Å². The number of hydrogen-bond donors (Lipinski definition) is 2. The van der Waals surface area contributed by atoms with Gasteiger partial charge in [-0.25, -0.2) is 13.1 Å².